The van der Waals surface area contributed by atoms with Gasteiger partial charge in [-0.05, 0) is 38.5 Å². The van der Waals surface area contributed by atoms with Gasteiger partial charge in [-0.2, -0.15) is 0 Å². The predicted molar refractivity (Wildman–Crippen MR) is 79.8 cm³/mol. The number of carbonyl (C=O) groups excluding carboxylic acids is 3. The standard InChI is InChI=1S/C15H16ClNO5/c1-15(2,3)22-14(20)17-8-4-5-9(11(16)6-8)10-7-12(18)21-13(10)19/h4-6,10H,7H2,1-3H3,(H,17,20). The van der Waals surface area contributed by atoms with E-state index >= 15 is 0 Å². The van der Waals surface area contributed by atoms with Gasteiger partial charge in [-0.1, -0.05) is 17.7 Å². The smallest absolute Gasteiger partial charge is 0.412 e. The first-order valence-corrected chi connectivity index (χ1v) is 7.07. The molecule has 0 saturated carbocycles. The van der Waals surface area contributed by atoms with Crippen LogP contribution in [0, 0.1) is 0 Å². The minimum atomic E-state index is -0.699. The maximum absolute atomic E-state index is 11.7. The molecule has 1 atom stereocenters. The average molecular weight is 326 g/mol. The Morgan fingerprint density at radius 1 is 1.36 bits per heavy atom. The van der Waals surface area contributed by atoms with Crippen molar-refractivity contribution in [2.45, 2.75) is 38.7 Å². The van der Waals surface area contributed by atoms with Crippen LogP contribution in [-0.4, -0.2) is 23.6 Å². The van der Waals surface area contributed by atoms with Gasteiger partial charge in [0.15, 0.2) is 0 Å². The van der Waals surface area contributed by atoms with Gasteiger partial charge in [-0.15, -0.1) is 0 Å². The van der Waals surface area contributed by atoms with E-state index in [1.165, 1.54) is 6.07 Å². The monoisotopic (exact) mass is 325 g/mol. The number of hydrogen-bond acceptors (Lipinski definition) is 5. The third-order valence-corrected chi connectivity index (χ3v) is 3.22. The van der Waals surface area contributed by atoms with Gasteiger partial charge in [0.2, 0.25) is 0 Å². The van der Waals surface area contributed by atoms with Gasteiger partial charge in [-0.25, -0.2) is 4.79 Å². The first-order valence-electron chi connectivity index (χ1n) is 6.70. The van der Waals surface area contributed by atoms with E-state index in [1.54, 1.807) is 32.9 Å². The van der Waals surface area contributed by atoms with Crippen molar-refractivity contribution in [2.75, 3.05) is 5.32 Å². The molecule has 1 heterocycles. The van der Waals surface area contributed by atoms with Crippen LogP contribution in [0.1, 0.15) is 38.7 Å². The summed E-state index contributed by atoms with van der Waals surface area (Å²) in [5.74, 6) is -1.88. The molecule has 0 bridgehead atoms. The van der Waals surface area contributed by atoms with Crippen LogP contribution in [-0.2, 0) is 19.1 Å². The number of hydrogen-bond donors (Lipinski definition) is 1. The zero-order valence-corrected chi connectivity index (χ0v) is 13.2. The first-order chi connectivity index (χ1) is 10.2. The Balaban J connectivity index is 2.12. The fourth-order valence-corrected chi connectivity index (χ4v) is 2.33. The van der Waals surface area contributed by atoms with E-state index in [0.29, 0.717) is 11.3 Å². The van der Waals surface area contributed by atoms with Gasteiger partial charge in [-0.3, -0.25) is 14.9 Å². The van der Waals surface area contributed by atoms with Crippen molar-refractivity contribution in [3.8, 4) is 0 Å². The van der Waals surface area contributed by atoms with Crippen LogP contribution in [0.15, 0.2) is 18.2 Å². The number of rotatable bonds is 2. The van der Waals surface area contributed by atoms with Gasteiger partial charge in [0.05, 0.1) is 12.3 Å². The van der Waals surface area contributed by atoms with E-state index in [9.17, 15) is 14.4 Å². The first kappa shape index (κ1) is 16.3. The molecule has 1 saturated heterocycles. The zero-order chi connectivity index (χ0) is 16.5. The Bertz CT molecular complexity index is 635. The molecule has 1 unspecified atom stereocenters. The molecule has 2 rings (SSSR count). The third kappa shape index (κ3) is 3.98. The highest BCUT2D eigenvalue weighted by Crippen LogP contribution is 2.34. The summed E-state index contributed by atoms with van der Waals surface area (Å²) in [6.07, 6.45) is -0.635. The van der Waals surface area contributed by atoms with Gasteiger partial charge < -0.3 is 9.47 Å². The van der Waals surface area contributed by atoms with Crippen molar-refractivity contribution in [3.05, 3.63) is 28.8 Å². The largest absolute Gasteiger partial charge is 0.444 e. The fourth-order valence-electron chi connectivity index (χ4n) is 2.02. The van der Waals surface area contributed by atoms with Crippen molar-refractivity contribution >= 4 is 35.3 Å². The van der Waals surface area contributed by atoms with E-state index in [0.717, 1.165) is 0 Å². The maximum atomic E-state index is 11.7. The average Bonchev–Trinajstić information content (AvgIpc) is 2.66. The number of ether oxygens (including phenoxy) is 2. The zero-order valence-electron chi connectivity index (χ0n) is 12.4. The normalized spacial score (nSPS) is 18.1. The molecule has 1 aliphatic rings. The SMILES string of the molecule is CC(C)(C)OC(=O)Nc1ccc(C2CC(=O)OC2=O)c(Cl)c1. The minimum Gasteiger partial charge on any atom is -0.444 e. The minimum absolute atomic E-state index is 0.0304. The van der Waals surface area contributed by atoms with Crippen LogP contribution in [0.3, 0.4) is 0 Å². The summed E-state index contributed by atoms with van der Waals surface area (Å²) in [6, 6.07) is 4.66. The lowest BCUT2D eigenvalue weighted by molar-refractivity contribution is -0.152. The number of esters is 2. The number of carbonyl (C=O) groups is 3. The molecule has 1 aliphatic heterocycles. The maximum Gasteiger partial charge on any atom is 0.412 e. The molecule has 0 spiro atoms. The number of benzene rings is 1. The summed E-state index contributed by atoms with van der Waals surface area (Å²) in [4.78, 5) is 34.4. The summed E-state index contributed by atoms with van der Waals surface area (Å²) in [5.41, 5.74) is 0.315. The number of halogens is 1. The van der Waals surface area contributed by atoms with Crippen LogP contribution >= 0.6 is 11.6 Å². The molecular weight excluding hydrogens is 310 g/mol. The van der Waals surface area contributed by atoms with E-state index in [1.807, 2.05) is 0 Å². The number of amides is 1. The van der Waals surface area contributed by atoms with Gasteiger partial charge >= 0.3 is 18.0 Å². The van der Waals surface area contributed by atoms with Crippen LogP contribution < -0.4 is 5.32 Å². The number of nitrogens with one attached hydrogen (secondary N) is 1. The highest BCUT2D eigenvalue weighted by atomic mass is 35.5. The molecular formula is C15H16ClNO5. The molecule has 1 fully saturated rings. The second-order valence-electron chi connectivity index (χ2n) is 5.91. The summed E-state index contributed by atoms with van der Waals surface area (Å²) >= 11 is 6.13. The Morgan fingerprint density at radius 2 is 2.05 bits per heavy atom. The second kappa shape index (κ2) is 5.96. The molecule has 7 heteroatoms. The molecule has 118 valence electrons. The van der Waals surface area contributed by atoms with Gasteiger partial charge in [0.25, 0.3) is 0 Å². The fraction of sp³-hybridized carbons (Fsp3) is 0.400. The summed E-state index contributed by atoms with van der Waals surface area (Å²) in [5, 5.41) is 2.82. The van der Waals surface area contributed by atoms with E-state index in [-0.39, 0.29) is 11.4 Å². The van der Waals surface area contributed by atoms with E-state index in [2.05, 4.69) is 10.1 Å². The quantitative estimate of drug-likeness (QED) is 0.666. The molecule has 0 aliphatic carbocycles. The lowest BCUT2D eigenvalue weighted by atomic mass is 9.97. The van der Waals surface area contributed by atoms with Crippen molar-refractivity contribution in [3.63, 3.8) is 0 Å². The van der Waals surface area contributed by atoms with Crippen LogP contribution in [0.4, 0.5) is 10.5 Å². The molecule has 1 amide bonds. The lowest BCUT2D eigenvalue weighted by Crippen LogP contribution is -2.27. The summed E-state index contributed by atoms with van der Waals surface area (Å²) < 4.78 is 9.64. The van der Waals surface area contributed by atoms with Crippen molar-refractivity contribution < 1.29 is 23.9 Å². The number of cyclic esters (lactones) is 2. The van der Waals surface area contributed by atoms with Crippen molar-refractivity contribution in [2.24, 2.45) is 0 Å². The Labute approximate surface area is 132 Å². The van der Waals surface area contributed by atoms with Crippen LogP contribution in [0.5, 0.6) is 0 Å². The second-order valence-corrected chi connectivity index (χ2v) is 6.32. The van der Waals surface area contributed by atoms with Crippen molar-refractivity contribution in [1.82, 2.24) is 0 Å². The molecule has 0 radical (unpaired) electrons. The van der Waals surface area contributed by atoms with E-state index in [4.69, 9.17) is 16.3 Å². The third-order valence-electron chi connectivity index (χ3n) is 2.89. The molecule has 1 N–H and O–H groups in total. The predicted octanol–water partition coefficient (Wildman–Crippen LogP) is 3.24. The highest BCUT2D eigenvalue weighted by molar-refractivity contribution is 6.32. The topological polar surface area (TPSA) is 81.7 Å². The summed E-state index contributed by atoms with van der Waals surface area (Å²) in [7, 11) is 0. The molecule has 22 heavy (non-hydrogen) atoms. The lowest BCUT2D eigenvalue weighted by Gasteiger charge is -2.20. The van der Waals surface area contributed by atoms with E-state index < -0.39 is 29.6 Å². The highest BCUT2D eigenvalue weighted by Gasteiger charge is 2.35. The molecule has 0 aromatic heterocycles. The number of anilines is 1. The molecule has 1 aromatic rings. The van der Waals surface area contributed by atoms with Gasteiger partial charge in [0, 0.05) is 10.7 Å². The van der Waals surface area contributed by atoms with Crippen LogP contribution in [0.2, 0.25) is 5.02 Å². The Hall–Kier alpha value is -2.08. The van der Waals surface area contributed by atoms with Crippen molar-refractivity contribution in [1.29, 1.82) is 0 Å². The summed E-state index contributed by atoms with van der Waals surface area (Å²) in [6.45, 7) is 5.27. The van der Waals surface area contributed by atoms with Crippen LogP contribution in [0.25, 0.3) is 0 Å². The Kier molecular flexibility index (Phi) is 4.42. The molecule has 6 nitrogen and oxygen atoms in total. The molecule has 1 aromatic carbocycles. The Morgan fingerprint density at radius 3 is 2.55 bits per heavy atom. The van der Waals surface area contributed by atoms with Gasteiger partial charge in [0.1, 0.15) is 5.60 Å².